The normalized spacial score (nSPS) is 26.5. The summed E-state index contributed by atoms with van der Waals surface area (Å²) in [6.07, 6.45) is 4.93. The van der Waals surface area contributed by atoms with Crippen LogP contribution >= 0.6 is 0 Å². The number of hydrogen-bond donors (Lipinski definition) is 1. The Morgan fingerprint density at radius 3 is 2.61 bits per heavy atom. The van der Waals surface area contributed by atoms with Crippen molar-refractivity contribution in [3.63, 3.8) is 0 Å². The molecule has 0 aromatic rings. The van der Waals surface area contributed by atoms with Crippen molar-refractivity contribution in [2.24, 2.45) is 11.8 Å². The highest BCUT2D eigenvalue weighted by Gasteiger charge is 2.29. The molecular formula is C14H27F2NO. The van der Waals surface area contributed by atoms with Crippen molar-refractivity contribution in [1.29, 1.82) is 0 Å². The van der Waals surface area contributed by atoms with Gasteiger partial charge in [0, 0.05) is 12.6 Å². The number of alkyl halides is 2. The Balaban J connectivity index is 2.33. The third kappa shape index (κ3) is 5.19. The minimum atomic E-state index is -2.35. The molecule has 3 atom stereocenters. The Kier molecular flexibility index (Phi) is 7.75. The Labute approximate surface area is 109 Å². The van der Waals surface area contributed by atoms with Crippen LogP contribution in [0.3, 0.4) is 0 Å². The van der Waals surface area contributed by atoms with Crippen LogP contribution in [0.1, 0.15) is 45.4 Å². The van der Waals surface area contributed by atoms with Crippen molar-refractivity contribution in [3.8, 4) is 0 Å². The van der Waals surface area contributed by atoms with Crippen molar-refractivity contribution < 1.29 is 13.5 Å². The van der Waals surface area contributed by atoms with Gasteiger partial charge in [0.05, 0.1) is 0 Å². The lowest BCUT2D eigenvalue weighted by atomic mass is 9.73. The van der Waals surface area contributed by atoms with Gasteiger partial charge in [0.25, 0.3) is 6.43 Å². The van der Waals surface area contributed by atoms with Gasteiger partial charge >= 0.3 is 0 Å². The summed E-state index contributed by atoms with van der Waals surface area (Å²) < 4.78 is 28.9. The predicted molar refractivity (Wildman–Crippen MR) is 70.0 cm³/mol. The molecule has 18 heavy (non-hydrogen) atoms. The second kappa shape index (κ2) is 8.81. The first-order valence-corrected chi connectivity index (χ1v) is 7.22. The fraction of sp³-hybridized carbons (Fsp3) is 1.00. The maximum atomic E-state index is 12.0. The molecule has 1 aliphatic carbocycles. The Hall–Kier alpha value is -0.220. The first kappa shape index (κ1) is 15.8. The van der Waals surface area contributed by atoms with E-state index < -0.39 is 13.0 Å². The van der Waals surface area contributed by atoms with Gasteiger partial charge in [0.15, 0.2) is 0 Å². The van der Waals surface area contributed by atoms with E-state index in [9.17, 15) is 8.78 Å². The molecule has 0 aromatic carbocycles. The van der Waals surface area contributed by atoms with Crippen molar-refractivity contribution >= 4 is 0 Å². The molecule has 1 N–H and O–H groups in total. The molecule has 1 saturated carbocycles. The van der Waals surface area contributed by atoms with Gasteiger partial charge in [-0.3, -0.25) is 0 Å². The Morgan fingerprint density at radius 2 is 2.00 bits per heavy atom. The van der Waals surface area contributed by atoms with Crippen LogP contribution in [-0.4, -0.2) is 32.7 Å². The van der Waals surface area contributed by atoms with Gasteiger partial charge in [-0.05, 0) is 31.7 Å². The molecule has 1 rings (SSSR count). The quantitative estimate of drug-likeness (QED) is 0.677. The smallest absolute Gasteiger partial charge is 0.261 e. The molecule has 0 saturated heterocycles. The molecule has 0 bridgehead atoms. The molecule has 0 heterocycles. The highest BCUT2D eigenvalue weighted by atomic mass is 19.3. The molecule has 0 aliphatic heterocycles. The van der Waals surface area contributed by atoms with Crippen LogP contribution in [0.15, 0.2) is 0 Å². The van der Waals surface area contributed by atoms with Crippen LogP contribution in [0.2, 0.25) is 0 Å². The summed E-state index contributed by atoms with van der Waals surface area (Å²) in [6.45, 7) is 2.25. The maximum Gasteiger partial charge on any atom is 0.261 e. The molecule has 0 aromatic heterocycles. The lowest BCUT2D eigenvalue weighted by Gasteiger charge is -2.36. The summed E-state index contributed by atoms with van der Waals surface area (Å²) in [4.78, 5) is 0. The summed E-state index contributed by atoms with van der Waals surface area (Å²) in [6, 6.07) is 0.410. The Bertz CT molecular complexity index is 214. The van der Waals surface area contributed by atoms with Crippen LogP contribution in [0.5, 0.6) is 0 Å². The van der Waals surface area contributed by atoms with Gasteiger partial charge in [0.2, 0.25) is 0 Å². The van der Waals surface area contributed by atoms with Gasteiger partial charge in [0.1, 0.15) is 6.61 Å². The molecule has 0 spiro atoms. The molecule has 0 radical (unpaired) electrons. The maximum absolute atomic E-state index is 12.0. The number of nitrogens with one attached hydrogen (secondary N) is 1. The average molecular weight is 263 g/mol. The SMILES string of the molecule is CCC1CCCCC1C(CCOCC(F)F)NC. The Morgan fingerprint density at radius 1 is 1.28 bits per heavy atom. The number of ether oxygens (including phenoxy) is 1. The van der Waals surface area contributed by atoms with Gasteiger partial charge < -0.3 is 10.1 Å². The zero-order valence-corrected chi connectivity index (χ0v) is 11.6. The monoisotopic (exact) mass is 263 g/mol. The number of halogens is 2. The van der Waals surface area contributed by atoms with Crippen LogP contribution in [-0.2, 0) is 4.74 Å². The van der Waals surface area contributed by atoms with E-state index in [1.165, 1.54) is 32.1 Å². The average Bonchev–Trinajstić information content (AvgIpc) is 2.38. The van der Waals surface area contributed by atoms with E-state index in [4.69, 9.17) is 4.74 Å². The molecule has 2 nitrogen and oxygen atoms in total. The van der Waals surface area contributed by atoms with Crippen molar-refractivity contribution in [1.82, 2.24) is 5.32 Å². The molecular weight excluding hydrogens is 236 g/mol. The summed E-state index contributed by atoms with van der Waals surface area (Å²) in [5.74, 6) is 1.47. The molecule has 0 amide bonds. The topological polar surface area (TPSA) is 21.3 Å². The largest absolute Gasteiger partial charge is 0.375 e. The highest BCUT2D eigenvalue weighted by Crippen LogP contribution is 2.35. The minimum absolute atomic E-state index is 0.410. The molecule has 4 heteroatoms. The molecule has 3 unspecified atom stereocenters. The van der Waals surface area contributed by atoms with E-state index in [1.807, 2.05) is 7.05 Å². The predicted octanol–water partition coefficient (Wildman–Crippen LogP) is 3.46. The van der Waals surface area contributed by atoms with E-state index in [2.05, 4.69) is 12.2 Å². The molecule has 1 aliphatic rings. The van der Waals surface area contributed by atoms with E-state index >= 15 is 0 Å². The van der Waals surface area contributed by atoms with E-state index in [0.717, 1.165) is 12.3 Å². The van der Waals surface area contributed by atoms with Crippen molar-refractivity contribution in [3.05, 3.63) is 0 Å². The second-order valence-electron chi connectivity index (χ2n) is 5.27. The van der Waals surface area contributed by atoms with Crippen molar-refractivity contribution in [2.45, 2.75) is 57.9 Å². The van der Waals surface area contributed by atoms with Crippen LogP contribution in [0, 0.1) is 11.8 Å². The van der Waals surface area contributed by atoms with Gasteiger partial charge in [-0.1, -0.05) is 32.6 Å². The molecule has 108 valence electrons. The lowest BCUT2D eigenvalue weighted by molar-refractivity contribution is 0.0108. The van der Waals surface area contributed by atoms with Crippen LogP contribution in [0.4, 0.5) is 8.78 Å². The fourth-order valence-electron chi connectivity index (χ4n) is 3.23. The van der Waals surface area contributed by atoms with Gasteiger partial charge in [-0.15, -0.1) is 0 Å². The zero-order valence-electron chi connectivity index (χ0n) is 11.6. The summed E-state index contributed by atoms with van der Waals surface area (Å²) in [5, 5.41) is 3.36. The lowest BCUT2D eigenvalue weighted by Crippen LogP contribution is -2.40. The summed E-state index contributed by atoms with van der Waals surface area (Å²) in [7, 11) is 1.97. The zero-order chi connectivity index (χ0) is 13.4. The van der Waals surface area contributed by atoms with Crippen molar-refractivity contribution in [2.75, 3.05) is 20.3 Å². The first-order valence-electron chi connectivity index (χ1n) is 7.22. The fourth-order valence-corrected chi connectivity index (χ4v) is 3.23. The van der Waals surface area contributed by atoms with Crippen LogP contribution in [0.25, 0.3) is 0 Å². The summed E-state index contributed by atoms with van der Waals surface area (Å²) in [5.41, 5.74) is 0. The number of hydrogen-bond acceptors (Lipinski definition) is 2. The van der Waals surface area contributed by atoms with E-state index in [1.54, 1.807) is 0 Å². The second-order valence-corrected chi connectivity index (χ2v) is 5.27. The third-order valence-electron chi connectivity index (χ3n) is 4.20. The number of rotatable bonds is 8. The van der Waals surface area contributed by atoms with Gasteiger partial charge in [-0.25, -0.2) is 8.78 Å². The standard InChI is InChI=1S/C14H27F2NO/c1-3-11-6-4-5-7-12(11)13(17-2)8-9-18-10-14(15)16/h11-14,17H,3-10H2,1-2H3. The minimum Gasteiger partial charge on any atom is -0.375 e. The first-order chi connectivity index (χ1) is 8.69. The van der Waals surface area contributed by atoms with E-state index in [-0.39, 0.29) is 0 Å². The highest BCUT2D eigenvalue weighted by molar-refractivity contribution is 4.83. The van der Waals surface area contributed by atoms with Gasteiger partial charge in [-0.2, -0.15) is 0 Å². The molecule has 1 fully saturated rings. The van der Waals surface area contributed by atoms with Crippen LogP contribution < -0.4 is 5.32 Å². The summed E-state index contributed by atoms with van der Waals surface area (Å²) >= 11 is 0. The third-order valence-corrected chi connectivity index (χ3v) is 4.20. The van der Waals surface area contributed by atoms with E-state index in [0.29, 0.717) is 18.6 Å².